The zero-order chi connectivity index (χ0) is 23.8. The van der Waals surface area contributed by atoms with E-state index in [0.29, 0.717) is 24.4 Å². The minimum Gasteiger partial charge on any atom is -0.325 e. The van der Waals surface area contributed by atoms with Gasteiger partial charge in [-0.15, -0.1) is 11.3 Å². The molecule has 2 heterocycles. The van der Waals surface area contributed by atoms with Crippen molar-refractivity contribution in [2.45, 2.75) is 65.3 Å². The number of nitrogens with one attached hydrogen (secondary N) is 2. The fourth-order valence-electron chi connectivity index (χ4n) is 4.90. The Bertz CT molecular complexity index is 1050. The van der Waals surface area contributed by atoms with E-state index in [-0.39, 0.29) is 17.9 Å². The van der Waals surface area contributed by atoms with Crippen LogP contribution in [0.4, 0.5) is 10.5 Å². The van der Waals surface area contributed by atoms with Gasteiger partial charge in [0, 0.05) is 16.6 Å². The molecule has 2 N–H and O–H groups in total. The van der Waals surface area contributed by atoms with Crippen LogP contribution >= 0.6 is 11.3 Å². The zero-order valence-electron chi connectivity index (χ0n) is 19.7. The number of carbonyl (C=O) groups excluding carboxylic acids is 3. The van der Waals surface area contributed by atoms with Crippen LogP contribution in [0.5, 0.6) is 0 Å². The van der Waals surface area contributed by atoms with E-state index in [4.69, 9.17) is 0 Å². The highest BCUT2D eigenvalue weighted by Gasteiger charge is 2.53. The molecule has 2 aliphatic rings. The number of imide groups is 1. The van der Waals surface area contributed by atoms with Crippen molar-refractivity contribution >= 4 is 34.9 Å². The normalized spacial score (nSPS) is 23.2. The van der Waals surface area contributed by atoms with Gasteiger partial charge in [0.25, 0.3) is 5.91 Å². The SMILES string of the molecule is CCC(C)(C)C1CCC2(CC1)NC(=O)N(CC(=O)Nc1ccc(-c3csc(C)n3)cc1)C2=O. The number of thiazole rings is 1. The molecule has 2 fully saturated rings. The molecule has 1 spiro atoms. The second kappa shape index (κ2) is 8.89. The maximum Gasteiger partial charge on any atom is 0.325 e. The Morgan fingerprint density at radius 1 is 1.24 bits per heavy atom. The summed E-state index contributed by atoms with van der Waals surface area (Å²) in [7, 11) is 0. The summed E-state index contributed by atoms with van der Waals surface area (Å²) in [6.07, 6.45) is 4.14. The van der Waals surface area contributed by atoms with Crippen LogP contribution in [0, 0.1) is 18.3 Å². The predicted octanol–water partition coefficient (Wildman–Crippen LogP) is 4.97. The molecule has 176 valence electrons. The fraction of sp³-hybridized carbons (Fsp3) is 0.520. The van der Waals surface area contributed by atoms with E-state index in [2.05, 4.69) is 36.4 Å². The molecule has 1 saturated carbocycles. The highest BCUT2D eigenvalue weighted by atomic mass is 32.1. The summed E-state index contributed by atoms with van der Waals surface area (Å²) in [5, 5.41) is 8.69. The smallest absolute Gasteiger partial charge is 0.325 e. The van der Waals surface area contributed by atoms with Gasteiger partial charge in [0.1, 0.15) is 12.1 Å². The number of hydrogen-bond acceptors (Lipinski definition) is 5. The number of anilines is 1. The fourth-order valence-corrected chi connectivity index (χ4v) is 5.53. The number of rotatable bonds is 6. The van der Waals surface area contributed by atoms with Crippen LogP contribution in [0.2, 0.25) is 0 Å². The maximum absolute atomic E-state index is 13.2. The molecule has 8 heteroatoms. The molecule has 4 rings (SSSR count). The van der Waals surface area contributed by atoms with Crippen molar-refractivity contribution in [1.82, 2.24) is 15.2 Å². The summed E-state index contributed by atoms with van der Waals surface area (Å²) < 4.78 is 0. The van der Waals surface area contributed by atoms with Crippen molar-refractivity contribution in [3.05, 3.63) is 34.7 Å². The number of aryl methyl sites for hydroxylation is 1. The molecule has 1 aromatic carbocycles. The highest BCUT2D eigenvalue weighted by molar-refractivity contribution is 7.09. The standard InChI is InChI=1S/C25H32N4O3S/c1-5-24(3,4)18-10-12-25(13-11-18)22(31)29(23(32)28-25)14-21(30)27-19-8-6-17(7-9-19)20-15-33-16(2)26-20/h6-9,15,18H,5,10-14H2,1-4H3,(H,27,30)(H,28,32). The van der Waals surface area contributed by atoms with Crippen molar-refractivity contribution in [1.29, 1.82) is 0 Å². The number of nitrogens with zero attached hydrogens (tertiary/aromatic N) is 2. The number of amides is 4. The van der Waals surface area contributed by atoms with Gasteiger partial charge in [0.2, 0.25) is 5.91 Å². The molecule has 1 aromatic heterocycles. The van der Waals surface area contributed by atoms with Crippen LogP contribution < -0.4 is 10.6 Å². The minimum atomic E-state index is -0.856. The Labute approximate surface area is 199 Å². The van der Waals surface area contributed by atoms with Gasteiger partial charge in [-0.1, -0.05) is 39.3 Å². The third-order valence-corrected chi connectivity index (χ3v) is 8.26. The monoisotopic (exact) mass is 468 g/mol. The lowest BCUT2D eigenvalue weighted by atomic mass is 9.65. The van der Waals surface area contributed by atoms with Crippen LogP contribution in [-0.2, 0) is 9.59 Å². The molecule has 4 amide bonds. The third kappa shape index (κ3) is 4.67. The number of benzene rings is 1. The lowest BCUT2D eigenvalue weighted by Gasteiger charge is -2.42. The van der Waals surface area contributed by atoms with Gasteiger partial charge in [0.05, 0.1) is 10.7 Å². The largest absolute Gasteiger partial charge is 0.325 e. The summed E-state index contributed by atoms with van der Waals surface area (Å²) in [6.45, 7) is 8.40. The van der Waals surface area contributed by atoms with Crippen LogP contribution in [0.15, 0.2) is 29.6 Å². The minimum absolute atomic E-state index is 0.223. The van der Waals surface area contributed by atoms with Crippen LogP contribution in [0.1, 0.15) is 57.9 Å². The Kier molecular flexibility index (Phi) is 6.31. The van der Waals surface area contributed by atoms with Gasteiger partial charge in [-0.05, 0) is 56.1 Å². The Morgan fingerprint density at radius 2 is 1.91 bits per heavy atom. The van der Waals surface area contributed by atoms with Gasteiger partial charge in [0.15, 0.2) is 0 Å². The quantitative estimate of drug-likeness (QED) is 0.585. The lowest BCUT2D eigenvalue weighted by Crippen LogP contribution is -2.51. The first kappa shape index (κ1) is 23.4. The topological polar surface area (TPSA) is 91.4 Å². The van der Waals surface area contributed by atoms with E-state index in [9.17, 15) is 14.4 Å². The summed E-state index contributed by atoms with van der Waals surface area (Å²) >= 11 is 1.59. The summed E-state index contributed by atoms with van der Waals surface area (Å²) in [4.78, 5) is 43.9. The van der Waals surface area contributed by atoms with E-state index >= 15 is 0 Å². The van der Waals surface area contributed by atoms with Crippen LogP contribution in [0.3, 0.4) is 0 Å². The molecule has 0 radical (unpaired) electrons. The van der Waals surface area contributed by atoms with Crippen molar-refractivity contribution in [2.24, 2.45) is 11.3 Å². The Morgan fingerprint density at radius 3 is 2.48 bits per heavy atom. The number of aromatic nitrogens is 1. The molecule has 7 nitrogen and oxygen atoms in total. The summed E-state index contributed by atoms with van der Waals surface area (Å²) in [5.41, 5.74) is 1.85. The summed E-state index contributed by atoms with van der Waals surface area (Å²) in [5.74, 6) is -0.135. The molecular weight excluding hydrogens is 436 g/mol. The van der Waals surface area contributed by atoms with E-state index in [1.165, 1.54) is 0 Å². The first-order chi connectivity index (χ1) is 15.6. The molecule has 1 aliphatic carbocycles. The van der Waals surface area contributed by atoms with Crippen molar-refractivity contribution in [3.8, 4) is 11.3 Å². The predicted molar refractivity (Wildman–Crippen MR) is 130 cm³/mol. The van der Waals surface area contributed by atoms with E-state index in [1.807, 2.05) is 24.4 Å². The molecule has 1 saturated heterocycles. The highest BCUT2D eigenvalue weighted by Crippen LogP contribution is 2.45. The number of carbonyl (C=O) groups is 3. The Balaban J connectivity index is 1.36. The van der Waals surface area contributed by atoms with Gasteiger partial charge in [-0.3, -0.25) is 14.5 Å². The zero-order valence-corrected chi connectivity index (χ0v) is 20.6. The van der Waals surface area contributed by atoms with Crippen molar-refractivity contribution in [2.75, 3.05) is 11.9 Å². The number of hydrogen-bond donors (Lipinski definition) is 2. The van der Waals surface area contributed by atoms with E-state index in [0.717, 1.165) is 40.4 Å². The first-order valence-electron chi connectivity index (χ1n) is 11.6. The Hall–Kier alpha value is -2.74. The van der Waals surface area contributed by atoms with Crippen LogP contribution in [-0.4, -0.2) is 39.8 Å². The van der Waals surface area contributed by atoms with E-state index in [1.54, 1.807) is 23.5 Å². The maximum atomic E-state index is 13.2. The van der Waals surface area contributed by atoms with Gasteiger partial charge in [-0.25, -0.2) is 9.78 Å². The lowest BCUT2D eigenvalue weighted by molar-refractivity contribution is -0.135. The molecule has 0 bridgehead atoms. The van der Waals surface area contributed by atoms with Crippen LogP contribution in [0.25, 0.3) is 11.3 Å². The third-order valence-electron chi connectivity index (χ3n) is 7.49. The van der Waals surface area contributed by atoms with Crippen molar-refractivity contribution < 1.29 is 14.4 Å². The van der Waals surface area contributed by atoms with Crippen molar-refractivity contribution in [3.63, 3.8) is 0 Å². The van der Waals surface area contributed by atoms with E-state index < -0.39 is 17.5 Å². The summed E-state index contributed by atoms with van der Waals surface area (Å²) in [6, 6.07) is 6.90. The average molecular weight is 469 g/mol. The number of urea groups is 1. The molecule has 33 heavy (non-hydrogen) atoms. The second-order valence-corrected chi connectivity index (χ2v) is 11.0. The van der Waals surface area contributed by atoms with Gasteiger partial charge >= 0.3 is 6.03 Å². The second-order valence-electron chi connectivity index (χ2n) is 9.90. The molecule has 0 unspecified atom stereocenters. The first-order valence-corrected chi connectivity index (χ1v) is 12.5. The molecular formula is C25H32N4O3S. The molecule has 1 aliphatic heterocycles. The van der Waals surface area contributed by atoms with Gasteiger partial charge in [-0.2, -0.15) is 0 Å². The average Bonchev–Trinajstić information content (AvgIpc) is 3.32. The molecule has 0 atom stereocenters. The molecule has 2 aromatic rings. The van der Waals surface area contributed by atoms with Gasteiger partial charge < -0.3 is 10.6 Å².